The summed E-state index contributed by atoms with van der Waals surface area (Å²) in [5.41, 5.74) is 0.535. The molecule has 0 atom stereocenters. The quantitative estimate of drug-likeness (QED) is 0.456. The average Bonchev–Trinajstić information content (AvgIpc) is 1.32. The second-order valence-electron chi connectivity index (χ2n) is 1.19. The van der Waals surface area contributed by atoms with Crippen molar-refractivity contribution in [2.75, 3.05) is 5.49 Å². The standard InChI is InChI=1S/C2H5O2PS/c3-5(4)1-6-2-5/h1,3-4H,2H2. The van der Waals surface area contributed by atoms with Crippen LogP contribution in [0.3, 0.4) is 0 Å². The summed E-state index contributed by atoms with van der Waals surface area (Å²) in [7, 11) is -2.38. The summed E-state index contributed by atoms with van der Waals surface area (Å²) in [4.78, 5) is 17.0. The van der Waals surface area contributed by atoms with E-state index in [-0.39, 0.29) is 0 Å². The van der Waals surface area contributed by atoms with Gasteiger partial charge in [-0.3, -0.25) is 0 Å². The molecule has 2 nitrogen and oxygen atoms in total. The minimum Gasteiger partial charge on any atom is -0.352 e. The van der Waals surface area contributed by atoms with Gasteiger partial charge in [-0.25, -0.2) is 0 Å². The van der Waals surface area contributed by atoms with Crippen molar-refractivity contribution in [1.29, 1.82) is 0 Å². The third-order valence-electron chi connectivity index (χ3n) is 0.508. The molecule has 4 heteroatoms. The SMILES string of the molecule is OP1(O)=CSC1. The lowest BCUT2D eigenvalue weighted by Gasteiger charge is -2.17. The van der Waals surface area contributed by atoms with Crippen LogP contribution in [0, 0.1) is 0 Å². The molecular weight excluding hydrogens is 119 g/mol. The van der Waals surface area contributed by atoms with Gasteiger partial charge >= 0.3 is 0 Å². The van der Waals surface area contributed by atoms with Crippen molar-refractivity contribution in [3.8, 4) is 0 Å². The Morgan fingerprint density at radius 1 is 1.67 bits per heavy atom. The topological polar surface area (TPSA) is 40.5 Å². The second kappa shape index (κ2) is 1.27. The fourth-order valence-electron chi connectivity index (χ4n) is 0.208. The summed E-state index contributed by atoms with van der Waals surface area (Å²) in [6.07, 6.45) is 0. The Labute approximate surface area is 40.3 Å². The third-order valence-corrected chi connectivity index (χ3v) is 4.57. The van der Waals surface area contributed by atoms with Crippen LogP contribution in [0.25, 0.3) is 0 Å². The van der Waals surface area contributed by atoms with Crippen LogP contribution in [0.1, 0.15) is 0 Å². The van der Waals surface area contributed by atoms with Crippen LogP contribution < -0.4 is 0 Å². The van der Waals surface area contributed by atoms with Crippen molar-refractivity contribution in [3.63, 3.8) is 0 Å². The van der Waals surface area contributed by atoms with Crippen LogP contribution in [0.15, 0.2) is 0 Å². The first-order valence-corrected chi connectivity index (χ1v) is 4.50. The first-order valence-electron chi connectivity index (χ1n) is 1.50. The molecule has 1 aliphatic rings. The molecule has 6 heavy (non-hydrogen) atoms. The monoisotopic (exact) mass is 124 g/mol. The van der Waals surface area contributed by atoms with E-state index >= 15 is 0 Å². The third kappa shape index (κ3) is 0.793. The summed E-state index contributed by atoms with van der Waals surface area (Å²) >= 11 is 1.47. The smallest absolute Gasteiger partial charge is 0.135 e. The summed E-state index contributed by atoms with van der Waals surface area (Å²) in [6.45, 7) is 0. The van der Waals surface area contributed by atoms with Crippen LogP contribution in [0.5, 0.6) is 0 Å². The van der Waals surface area contributed by atoms with Crippen molar-refractivity contribution in [1.82, 2.24) is 0 Å². The van der Waals surface area contributed by atoms with Crippen molar-refractivity contribution in [2.45, 2.75) is 0 Å². The molecule has 0 amide bonds. The predicted molar refractivity (Wildman–Crippen MR) is 29.9 cm³/mol. The maximum Gasteiger partial charge on any atom is 0.135 e. The van der Waals surface area contributed by atoms with Crippen molar-refractivity contribution < 1.29 is 9.79 Å². The van der Waals surface area contributed by atoms with Crippen LogP contribution in [0.2, 0.25) is 0 Å². The van der Waals surface area contributed by atoms with Gasteiger partial charge in [-0.2, -0.15) is 0 Å². The van der Waals surface area contributed by atoms with Crippen LogP contribution >= 0.6 is 19.1 Å². The molecule has 1 aliphatic heterocycles. The van der Waals surface area contributed by atoms with Crippen molar-refractivity contribution in [3.05, 3.63) is 0 Å². The highest BCUT2D eigenvalue weighted by molar-refractivity contribution is 8.28. The first kappa shape index (κ1) is 4.72. The molecular formula is C2H5O2PS. The Bertz CT molecular complexity index is 104. The lowest BCUT2D eigenvalue weighted by Crippen LogP contribution is -1.94. The molecule has 2 N–H and O–H groups in total. The fraction of sp³-hybridized carbons (Fsp3) is 0.500. The highest BCUT2D eigenvalue weighted by atomic mass is 32.2. The van der Waals surface area contributed by atoms with E-state index in [2.05, 4.69) is 0 Å². The molecule has 0 aliphatic carbocycles. The average molecular weight is 124 g/mol. The molecule has 1 rings (SSSR count). The minimum absolute atomic E-state index is 0.535. The molecule has 0 aromatic heterocycles. The molecule has 1 heterocycles. The lowest BCUT2D eigenvalue weighted by atomic mass is 11.8. The molecule has 36 valence electrons. The minimum atomic E-state index is -2.38. The van der Waals surface area contributed by atoms with E-state index in [1.54, 1.807) is 0 Å². The van der Waals surface area contributed by atoms with Gasteiger partial charge in [0.15, 0.2) is 0 Å². The Hall–Kier alpha value is 0.570. The zero-order valence-corrected chi connectivity index (χ0v) is 4.75. The van der Waals surface area contributed by atoms with Gasteiger partial charge in [0.05, 0.1) is 5.49 Å². The molecule has 0 fully saturated rings. The number of rotatable bonds is 0. The van der Waals surface area contributed by atoms with Gasteiger partial charge in [-0.05, 0) is 0 Å². The highest BCUT2D eigenvalue weighted by Crippen LogP contribution is 2.49. The molecule has 0 aromatic carbocycles. The zero-order valence-electron chi connectivity index (χ0n) is 3.03. The summed E-state index contributed by atoms with van der Waals surface area (Å²) in [6, 6.07) is 0. The molecule has 0 radical (unpaired) electrons. The summed E-state index contributed by atoms with van der Waals surface area (Å²) < 4.78 is 0. The van der Waals surface area contributed by atoms with E-state index in [9.17, 15) is 0 Å². The van der Waals surface area contributed by atoms with Crippen LogP contribution in [0.4, 0.5) is 0 Å². The summed E-state index contributed by atoms with van der Waals surface area (Å²) in [5.74, 6) is 0. The van der Waals surface area contributed by atoms with Gasteiger partial charge in [0.2, 0.25) is 0 Å². The number of thioether (sulfide) groups is 1. The van der Waals surface area contributed by atoms with Gasteiger partial charge in [0, 0.05) is 5.13 Å². The van der Waals surface area contributed by atoms with E-state index < -0.39 is 7.34 Å². The van der Waals surface area contributed by atoms with Crippen molar-refractivity contribution in [2.24, 2.45) is 0 Å². The second-order valence-corrected chi connectivity index (χ2v) is 4.97. The molecule has 0 saturated carbocycles. The van der Waals surface area contributed by atoms with Gasteiger partial charge in [0.1, 0.15) is 7.34 Å². The molecule has 0 spiro atoms. The number of hydrogen-bond acceptors (Lipinski definition) is 3. The van der Waals surface area contributed by atoms with Crippen LogP contribution in [-0.4, -0.2) is 20.4 Å². The Morgan fingerprint density at radius 3 is 2.00 bits per heavy atom. The van der Waals surface area contributed by atoms with E-state index in [4.69, 9.17) is 9.79 Å². The van der Waals surface area contributed by atoms with Crippen LogP contribution in [-0.2, 0) is 0 Å². The Kier molecular flexibility index (Phi) is 1.000. The Morgan fingerprint density at radius 2 is 2.00 bits per heavy atom. The molecule has 0 unspecified atom stereocenters. The van der Waals surface area contributed by atoms with Crippen molar-refractivity contribution >= 4 is 24.2 Å². The normalized spacial score (nSPS) is 27.7. The summed E-state index contributed by atoms with van der Waals surface area (Å²) in [5, 5.41) is 1.51. The van der Waals surface area contributed by atoms with Gasteiger partial charge < -0.3 is 9.79 Å². The molecule has 0 bridgehead atoms. The Balaban J connectivity index is 2.73. The molecule has 0 saturated heterocycles. The van der Waals surface area contributed by atoms with E-state index in [0.29, 0.717) is 5.49 Å². The highest BCUT2D eigenvalue weighted by Gasteiger charge is 2.15. The maximum atomic E-state index is 8.50. The lowest BCUT2D eigenvalue weighted by molar-refractivity contribution is 0.482. The fourth-order valence-corrected chi connectivity index (χ4v) is 1.87. The number of hydrogen-bond donors (Lipinski definition) is 2. The van der Waals surface area contributed by atoms with Gasteiger partial charge in [0.25, 0.3) is 0 Å². The van der Waals surface area contributed by atoms with E-state index in [0.717, 1.165) is 0 Å². The maximum absolute atomic E-state index is 8.50. The zero-order chi connectivity index (χ0) is 4.62. The van der Waals surface area contributed by atoms with Gasteiger partial charge in [-0.15, -0.1) is 11.8 Å². The van der Waals surface area contributed by atoms with E-state index in [1.807, 2.05) is 0 Å². The van der Waals surface area contributed by atoms with E-state index in [1.165, 1.54) is 16.9 Å². The first-order chi connectivity index (χ1) is 2.71. The predicted octanol–water partition coefficient (Wildman–Crippen LogP) is 0.283. The largest absolute Gasteiger partial charge is 0.352 e. The van der Waals surface area contributed by atoms with Gasteiger partial charge in [-0.1, -0.05) is 0 Å². The molecule has 0 aromatic rings.